The van der Waals surface area contributed by atoms with E-state index in [0.29, 0.717) is 6.61 Å². The lowest BCUT2D eigenvalue weighted by Crippen LogP contribution is -1.91. The minimum atomic E-state index is -0.435. The molecule has 2 nitrogen and oxygen atoms in total. The Bertz CT molecular complexity index is 44.7. The summed E-state index contributed by atoms with van der Waals surface area (Å²) in [6.07, 6.45) is 0.795. The van der Waals surface area contributed by atoms with Crippen LogP contribution < -0.4 is 5.50 Å². The van der Waals surface area contributed by atoms with Crippen molar-refractivity contribution in [3.8, 4) is 0 Å². The van der Waals surface area contributed by atoms with Gasteiger partial charge in [-0.25, -0.2) is 0 Å². The van der Waals surface area contributed by atoms with Gasteiger partial charge in [0.25, 0.3) is 0 Å². The summed E-state index contributed by atoms with van der Waals surface area (Å²) in [5.41, 5.74) is 5.34. The predicted octanol–water partition coefficient (Wildman–Crippen LogP) is 0.124. The summed E-state index contributed by atoms with van der Waals surface area (Å²) in [7, 11) is 2.05. The standard InChI is InChI=1S/C2H9NOP2/c3-6(5)2-1-4/h4H,1-3,5H2/i4T. The third-order valence-corrected chi connectivity index (χ3v) is 1.82. The van der Waals surface area contributed by atoms with Gasteiger partial charge in [0.05, 0.1) is 0 Å². The Hall–Kier alpha value is 0.780. The van der Waals surface area contributed by atoms with Gasteiger partial charge in [0.15, 0.2) is 0 Å². The Morgan fingerprint density at radius 3 is 3.00 bits per heavy atom. The van der Waals surface area contributed by atoms with Crippen molar-refractivity contribution in [2.75, 3.05) is 12.8 Å². The lowest BCUT2D eigenvalue weighted by molar-refractivity contribution is 0.322. The first-order chi connectivity index (χ1) is 3.27. The van der Waals surface area contributed by atoms with E-state index in [9.17, 15) is 0 Å². The third-order valence-electron chi connectivity index (χ3n) is 0.349. The summed E-state index contributed by atoms with van der Waals surface area (Å²) in [5, 5.41) is 4.03. The van der Waals surface area contributed by atoms with Gasteiger partial charge < -0.3 is 10.6 Å². The summed E-state index contributed by atoms with van der Waals surface area (Å²) < 4.78 is 6.24. The molecule has 0 aromatic rings. The van der Waals surface area contributed by atoms with Crippen molar-refractivity contribution in [2.24, 2.45) is 5.50 Å². The van der Waals surface area contributed by atoms with Crippen LogP contribution >= 0.6 is 16.7 Å². The molecule has 2 atom stereocenters. The van der Waals surface area contributed by atoms with E-state index in [1.54, 1.807) is 0 Å². The molecular formula is C2H9NOP2. The zero-order valence-corrected chi connectivity index (χ0v) is 5.47. The van der Waals surface area contributed by atoms with Crippen molar-refractivity contribution in [3.05, 3.63) is 0 Å². The maximum absolute atomic E-state index is 6.24. The number of aliphatic hydroxyl groups excluding tert-OH is 1. The van der Waals surface area contributed by atoms with Gasteiger partial charge in [0.2, 0.25) is 1.43 Å². The summed E-state index contributed by atoms with van der Waals surface area (Å²) in [4.78, 5) is 0. The second-order valence-corrected chi connectivity index (χ2v) is 4.41. The normalized spacial score (nSPS) is 16.7. The molecule has 2 unspecified atom stereocenters. The first-order valence-corrected chi connectivity index (χ1v) is 4.84. The Kier molecular flexibility index (Phi) is 3.25. The van der Waals surface area contributed by atoms with Gasteiger partial charge in [-0.1, -0.05) is 8.93 Å². The Labute approximate surface area is 42.5 Å². The maximum atomic E-state index is 6.24. The van der Waals surface area contributed by atoms with Gasteiger partial charge in [-0.2, -0.15) is 0 Å². The highest BCUT2D eigenvalue weighted by Crippen LogP contribution is 2.33. The molecule has 0 aliphatic heterocycles. The van der Waals surface area contributed by atoms with Crippen molar-refractivity contribution < 1.29 is 5.11 Å². The zero-order valence-electron chi connectivity index (χ0n) is 4.42. The molecular weight excluding hydrogens is 116 g/mol. The average molecular weight is 127 g/mol. The number of nitrogens with two attached hydrogens (primary N) is 1. The van der Waals surface area contributed by atoms with Gasteiger partial charge in [0, 0.05) is 12.8 Å². The van der Waals surface area contributed by atoms with E-state index >= 15 is 0 Å². The zero-order chi connectivity index (χ0) is 5.70. The molecule has 0 spiro atoms. The minimum absolute atomic E-state index is 0.435. The van der Waals surface area contributed by atoms with Crippen molar-refractivity contribution in [1.82, 2.24) is 0 Å². The van der Waals surface area contributed by atoms with Crippen LogP contribution in [0.4, 0.5) is 0 Å². The van der Waals surface area contributed by atoms with Crippen molar-refractivity contribution in [1.29, 1.82) is 1.43 Å². The van der Waals surface area contributed by atoms with Crippen LogP contribution in [0, 0.1) is 0 Å². The summed E-state index contributed by atoms with van der Waals surface area (Å²) in [6, 6.07) is 0. The molecule has 0 aliphatic carbocycles. The Balaban J connectivity index is 2.68. The number of hydrogen-bond acceptors (Lipinski definition) is 2. The van der Waals surface area contributed by atoms with E-state index in [1.165, 1.54) is 0 Å². The van der Waals surface area contributed by atoms with E-state index in [4.69, 9.17) is 6.94 Å². The quantitative estimate of drug-likeness (QED) is 0.529. The van der Waals surface area contributed by atoms with Crippen LogP contribution in [0.15, 0.2) is 0 Å². The van der Waals surface area contributed by atoms with Gasteiger partial charge in [-0.05, 0) is 7.76 Å². The molecule has 38 valence electrons. The fourth-order valence-corrected chi connectivity index (χ4v) is 0.632. The molecule has 6 heavy (non-hydrogen) atoms. The Morgan fingerprint density at radius 1 is 2.17 bits per heavy atom. The highest BCUT2D eigenvalue weighted by molar-refractivity contribution is 8.12. The van der Waals surface area contributed by atoms with Crippen LogP contribution in [0.5, 0.6) is 0 Å². The van der Waals surface area contributed by atoms with Crippen molar-refractivity contribution in [3.63, 3.8) is 0 Å². The first-order valence-electron chi connectivity index (χ1n) is 2.03. The largest absolute Gasteiger partial charge is 0.396 e. The van der Waals surface area contributed by atoms with Crippen LogP contribution in [0.25, 0.3) is 0 Å². The fraction of sp³-hybridized carbons (Fsp3) is 1.00. The van der Waals surface area contributed by atoms with Crippen LogP contribution in [-0.4, -0.2) is 19.3 Å². The summed E-state index contributed by atoms with van der Waals surface area (Å²) in [6.45, 7) is 0.450. The lowest BCUT2D eigenvalue weighted by atomic mass is 10.9. The first kappa shape index (κ1) is 4.93. The second kappa shape index (κ2) is 3.95. The van der Waals surface area contributed by atoms with Crippen LogP contribution in [0.3, 0.4) is 0 Å². The molecule has 0 bridgehead atoms. The Morgan fingerprint density at radius 2 is 2.83 bits per heavy atom. The summed E-state index contributed by atoms with van der Waals surface area (Å²) in [5.74, 6) is 0. The molecule has 0 amide bonds. The van der Waals surface area contributed by atoms with Gasteiger partial charge in [0.1, 0.15) is 0 Å². The predicted molar refractivity (Wildman–Crippen MR) is 32.8 cm³/mol. The average Bonchev–Trinajstić information content (AvgIpc) is 1.61. The van der Waals surface area contributed by atoms with E-state index < -0.39 is 7.76 Å². The SMILES string of the molecule is [3H]OCCP(N)P. The molecule has 0 saturated carbocycles. The molecule has 0 saturated heterocycles. The van der Waals surface area contributed by atoms with Crippen LogP contribution in [0.1, 0.15) is 0 Å². The van der Waals surface area contributed by atoms with Crippen molar-refractivity contribution >= 4 is 16.7 Å². The van der Waals surface area contributed by atoms with E-state index in [2.05, 4.69) is 14.0 Å². The van der Waals surface area contributed by atoms with E-state index in [0.717, 1.165) is 6.16 Å². The van der Waals surface area contributed by atoms with E-state index in [-0.39, 0.29) is 0 Å². The highest BCUT2D eigenvalue weighted by atomic mass is 32.0. The van der Waals surface area contributed by atoms with Gasteiger partial charge >= 0.3 is 0 Å². The van der Waals surface area contributed by atoms with Gasteiger partial charge in [-0.15, -0.1) is 0 Å². The summed E-state index contributed by atoms with van der Waals surface area (Å²) >= 11 is 0. The number of aliphatic hydroxyl groups is 1. The molecule has 0 heterocycles. The van der Waals surface area contributed by atoms with Crippen LogP contribution in [-0.2, 0) is 0 Å². The molecule has 0 rings (SSSR count). The van der Waals surface area contributed by atoms with Crippen LogP contribution in [0.2, 0.25) is 0 Å². The molecule has 0 aromatic carbocycles. The monoisotopic (exact) mass is 127 g/mol. The molecule has 0 fully saturated rings. The molecule has 0 radical (unpaired) electrons. The smallest absolute Gasteiger partial charge is 0.210 e. The molecule has 3 N–H and O–H groups in total. The molecule has 0 aliphatic rings. The molecule has 4 heteroatoms. The number of hydrogen-bond donors (Lipinski definition) is 2. The lowest BCUT2D eigenvalue weighted by Gasteiger charge is -1.96. The second-order valence-electron chi connectivity index (χ2n) is 0.942. The molecule has 0 aromatic heterocycles. The van der Waals surface area contributed by atoms with Crippen molar-refractivity contribution in [2.45, 2.75) is 0 Å². The van der Waals surface area contributed by atoms with E-state index in [1.807, 2.05) is 0 Å². The maximum Gasteiger partial charge on any atom is 0.210 e. The topological polar surface area (TPSA) is 46.2 Å². The number of rotatable bonds is 3. The fourth-order valence-electron chi connectivity index (χ4n) is 0.105. The highest BCUT2D eigenvalue weighted by Gasteiger charge is 1.86. The third kappa shape index (κ3) is 4.78. The minimum Gasteiger partial charge on any atom is -0.396 e. The van der Waals surface area contributed by atoms with Gasteiger partial charge in [-0.3, -0.25) is 0 Å².